The number of carboxylic acid groups (broad SMARTS) is 1. The Hall–Kier alpha value is -1.26. The molecule has 0 bridgehead atoms. The van der Waals surface area contributed by atoms with Gasteiger partial charge in [-0.05, 0) is 26.7 Å². The molecule has 1 fully saturated rings. The summed E-state index contributed by atoms with van der Waals surface area (Å²) in [5.74, 6) is -0.127. The van der Waals surface area contributed by atoms with Crippen LogP contribution in [0.15, 0.2) is 0 Å². The highest BCUT2D eigenvalue weighted by molar-refractivity contribution is 5.85. The highest BCUT2D eigenvalue weighted by atomic mass is 16.4. The molecule has 5 nitrogen and oxygen atoms in total. The number of hydrogen-bond donors (Lipinski definition) is 2. The third kappa shape index (κ3) is 2.37. The standard InChI is InChI=1S/C9H16N2O3/c1-6-4-3-5-11(6)8(12)7(2)10-9(13)14/h6-7,10H,3-5H2,1-2H3,(H,13,14). The van der Waals surface area contributed by atoms with Crippen LogP contribution in [0.4, 0.5) is 4.79 Å². The van der Waals surface area contributed by atoms with E-state index in [0.29, 0.717) is 0 Å². The summed E-state index contributed by atoms with van der Waals surface area (Å²) in [6.45, 7) is 4.30. The van der Waals surface area contributed by atoms with E-state index in [0.717, 1.165) is 19.4 Å². The molecule has 2 unspecified atom stereocenters. The zero-order chi connectivity index (χ0) is 10.7. The fourth-order valence-electron chi connectivity index (χ4n) is 1.76. The number of carbonyl (C=O) groups is 2. The first-order chi connectivity index (χ1) is 6.52. The van der Waals surface area contributed by atoms with E-state index in [9.17, 15) is 9.59 Å². The summed E-state index contributed by atoms with van der Waals surface area (Å²) < 4.78 is 0. The van der Waals surface area contributed by atoms with Gasteiger partial charge in [0.25, 0.3) is 0 Å². The molecule has 0 aromatic heterocycles. The highest BCUT2D eigenvalue weighted by Crippen LogP contribution is 2.17. The summed E-state index contributed by atoms with van der Waals surface area (Å²) in [5.41, 5.74) is 0. The molecule has 0 saturated carbocycles. The van der Waals surface area contributed by atoms with E-state index in [2.05, 4.69) is 5.32 Å². The van der Waals surface area contributed by atoms with Crippen LogP contribution in [0.3, 0.4) is 0 Å². The predicted molar refractivity (Wildman–Crippen MR) is 51.0 cm³/mol. The number of nitrogens with zero attached hydrogens (tertiary/aromatic N) is 1. The summed E-state index contributed by atoms with van der Waals surface area (Å²) in [7, 11) is 0. The SMILES string of the molecule is CC(NC(=O)O)C(=O)N1CCCC1C. The number of carbonyl (C=O) groups excluding carboxylic acids is 1. The van der Waals surface area contributed by atoms with Crippen LogP contribution in [-0.4, -0.2) is 40.6 Å². The van der Waals surface area contributed by atoms with Gasteiger partial charge in [0.1, 0.15) is 6.04 Å². The normalized spacial score (nSPS) is 23.3. The minimum absolute atomic E-state index is 0.127. The fraction of sp³-hybridized carbons (Fsp3) is 0.778. The molecule has 0 aliphatic carbocycles. The molecule has 0 spiro atoms. The van der Waals surface area contributed by atoms with Crippen molar-refractivity contribution in [2.75, 3.05) is 6.54 Å². The number of hydrogen-bond acceptors (Lipinski definition) is 2. The largest absolute Gasteiger partial charge is 0.465 e. The van der Waals surface area contributed by atoms with Gasteiger partial charge in [-0.2, -0.15) is 0 Å². The lowest BCUT2D eigenvalue weighted by Crippen LogP contribution is -2.47. The minimum Gasteiger partial charge on any atom is -0.465 e. The molecular weight excluding hydrogens is 184 g/mol. The van der Waals surface area contributed by atoms with Gasteiger partial charge in [-0.25, -0.2) is 4.79 Å². The molecule has 14 heavy (non-hydrogen) atoms. The van der Waals surface area contributed by atoms with Crippen molar-refractivity contribution in [1.29, 1.82) is 0 Å². The van der Waals surface area contributed by atoms with Crippen molar-refractivity contribution in [2.45, 2.75) is 38.8 Å². The van der Waals surface area contributed by atoms with E-state index in [1.807, 2.05) is 6.92 Å². The van der Waals surface area contributed by atoms with E-state index in [4.69, 9.17) is 5.11 Å². The summed E-state index contributed by atoms with van der Waals surface area (Å²) in [6.07, 6.45) is 0.857. The molecule has 2 amide bonds. The zero-order valence-corrected chi connectivity index (χ0v) is 8.49. The van der Waals surface area contributed by atoms with Crippen molar-refractivity contribution in [3.8, 4) is 0 Å². The minimum atomic E-state index is -1.15. The van der Waals surface area contributed by atoms with Crippen molar-refractivity contribution in [3.63, 3.8) is 0 Å². The van der Waals surface area contributed by atoms with Crippen molar-refractivity contribution in [3.05, 3.63) is 0 Å². The van der Waals surface area contributed by atoms with Crippen LogP contribution in [0.2, 0.25) is 0 Å². The Morgan fingerprint density at radius 2 is 2.21 bits per heavy atom. The maximum atomic E-state index is 11.7. The molecule has 5 heteroatoms. The highest BCUT2D eigenvalue weighted by Gasteiger charge is 2.28. The molecule has 1 heterocycles. The van der Waals surface area contributed by atoms with Crippen LogP contribution >= 0.6 is 0 Å². The lowest BCUT2D eigenvalue weighted by molar-refractivity contribution is -0.133. The molecule has 1 saturated heterocycles. The molecular formula is C9H16N2O3. The number of nitrogens with one attached hydrogen (secondary N) is 1. The first kappa shape index (κ1) is 10.8. The quantitative estimate of drug-likeness (QED) is 0.687. The second-order valence-electron chi connectivity index (χ2n) is 3.69. The van der Waals surface area contributed by atoms with Crippen molar-refractivity contribution >= 4 is 12.0 Å². The Labute approximate surface area is 83.1 Å². The van der Waals surface area contributed by atoms with Gasteiger partial charge in [-0.1, -0.05) is 0 Å². The summed E-state index contributed by atoms with van der Waals surface area (Å²) >= 11 is 0. The van der Waals surface area contributed by atoms with Gasteiger partial charge in [-0.15, -0.1) is 0 Å². The molecule has 80 valence electrons. The van der Waals surface area contributed by atoms with Gasteiger partial charge in [-0.3, -0.25) is 4.79 Å². The second kappa shape index (κ2) is 4.30. The first-order valence-corrected chi connectivity index (χ1v) is 4.82. The third-order valence-corrected chi connectivity index (χ3v) is 2.55. The van der Waals surface area contributed by atoms with E-state index in [1.165, 1.54) is 0 Å². The Kier molecular flexibility index (Phi) is 3.33. The fourth-order valence-corrected chi connectivity index (χ4v) is 1.76. The lowest BCUT2D eigenvalue weighted by atomic mass is 10.2. The van der Waals surface area contributed by atoms with Gasteiger partial charge in [0.15, 0.2) is 0 Å². The second-order valence-corrected chi connectivity index (χ2v) is 3.69. The van der Waals surface area contributed by atoms with Gasteiger partial charge in [0, 0.05) is 12.6 Å². The number of rotatable bonds is 2. The molecule has 1 aliphatic rings. The maximum Gasteiger partial charge on any atom is 0.405 e. The summed E-state index contributed by atoms with van der Waals surface area (Å²) in [5, 5.41) is 10.6. The van der Waals surface area contributed by atoms with E-state index >= 15 is 0 Å². The van der Waals surface area contributed by atoms with Crippen LogP contribution in [0.25, 0.3) is 0 Å². The molecule has 0 radical (unpaired) electrons. The Morgan fingerprint density at radius 3 is 2.64 bits per heavy atom. The van der Waals surface area contributed by atoms with Gasteiger partial charge < -0.3 is 15.3 Å². The van der Waals surface area contributed by atoms with Crippen LogP contribution < -0.4 is 5.32 Å². The Bertz CT molecular complexity index is 242. The molecule has 2 N–H and O–H groups in total. The monoisotopic (exact) mass is 200 g/mol. The third-order valence-electron chi connectivity index (χ3n) is 2.55. The van der Waals surface area contributed by atoms with Crippen LogP contribution in [0.5, 0.6) is 0 Å². The van der Waals surface area contributed by atoms with Crippen LogP contribution in [0.1, 0.15) is 26.7 Å². The van der Waals surface area contributed by atoms with E-state index < -0.39 is 12.1 Å². The zero-order valence-electron chi connectivity index (χ0n) is 8.49. The average molecular weight is 200 g/mol. The van der Waals surface area contributed by atoms with E-state index in [-0.39, 0.29) is 11.9 Å². The first-order valence-electron chi connectivity index (χ1n) is 4.82. The van der Waals surface area contributed by atoms with Gasteiger partial charge in [0.2, 0.25) is 5.91 Å². The summed E-state index contributed by atoms with van der Waals surface area (Å²) in [4.78, 5) is 23.8. The Morgan fingerprint density at radius 1 is 1.57 bits per heavy atom. The van der Waals surface area contributed by atoms with Crippen LogP contribution in [-0.2, 0) is 4.79 Å². The predicted octanol–water partition coefficient (Wildman–Crippen LogP) is 0.653. The molecule has 2 atom stereocenters. The van der Waals surface area contributed by atoms with Crippen molar-refractivity contribution < 1.29 is 14.7 Å². The topological polar surface area (TPSA) is 69.6 Å². The van der Waals surface area contributed by atoms with Crippen molar-refractivity contribution in [1.82, 2.24) is 10.2 Å². The van der Waals surface area contributed by atoms with Crippen LogP contribution in [0, 0.1) is 0 Å². The van der Waals surface area contributed by atoms with Crippen molar-refractivity contribution in [2.24, 2.45) is 0 Å². The smallest absolute Gasteiger partial charge is 0.405 e. The molecule has 1 rings (SSSR count). The number of amides is 2. The molecule has 1 aliphatic heterocycles. The molecule has 0 aromatic carbocycles. The molecule has 0 aromatic rings. The van der Waals surface area contributed by atoms with E-state index in [1.54, 1.807) is 11.8 Å². The van der Waals surface area contributed by atoms with Gasteiger partial charge in [0.05, 0.1) is 0 Å². The Balaban J connectivity index is 2.51. The maximum absolute atomic E-state index is 11.7. The van der Waals surface area contributed by atoms with Gasteiger partial charge >= 0.3 is 6.09 Å². The lowest BCUT2D eigenvalue weighted by Gasteiger charge is -2.24. The average Bonchev–Trinajstić information content (AvgIpc) is 2.48. The summed E-state index contributed by atoms with van der Waals surface area (Å²) in [6, 6.07) is -0.409. The number of likely N-dealkylation sites (tertiary alicyclic amines) is 1.